The van der Waals surface area contributed by atoms with E-state index >= 15 is 0 Å². The summed E-state index contributed by atoms with van der Waals surface area (Å²) >= 11 is 0. The average molecular weight is 313 g/mol. The van der Waals surface area contributed by atoms with Crippen molar-refractivity contribution in [2.45, 2.75) is 51.7 Å². The van der Waals surface area contributed by atoms with Crippen molar-refractivity contribution in [2.24, 2.45) is 0 Å². The van der Waals surface area contributed by atoms with Gasteiger partial charge in [-0.25, -0.2) is 0 Å². The number of anilines is 1. The van der Waals surface area contributed by atoms with E-state index in [1.54, 1.807) is 0 Å². The molecule has 2 unspecified atom stereocenters. The fourth-order valence-corrected chi connectivity index (χ4v) is 2.30. The van der Waals surface area contributed by atoms with Crippen molar-refractivity contribution in [1.82, 2.24) is 5.32 Å². The van der Waals surface area contributed by atoms with Gasteiger partial charge >= 0.3 is 0 Å². The molecule has 1 saturated heterocycles. The Morgan fingerprint density at radius 3 is 2.71 bits per heavy atom. The summed E-state index contributed by atoms with van der Waals surface area (Å²) in [6.45, 7) is 5.17. The summed E-state index contributed by atoms with van der Waals surface area (Å²) in [6.07, 6.45) is 4.00. The van der Waals surface area contributed by atoms with Crippen LogP contribution in [0.4, 0.5) is 5.69 Å². The second-order valence-electron chi connectivity index (χ2n) is 5.41. The number of hydrogen-bond acceptors (Lipinski definition) is 3. The van der Waals surface area contributed by atoms with Gasteiger partial charge in [0.25, 0.3) is 0 Å². The van der Waals surface area contributed by atoms with Gasteiger partial charge in [0, 0.05) is 18.2 Å². The number of halogens is 1. The lowest BCUT2D eigenvalue weighted by atomic mass is 10.1. The van der Waals surface area contributed by atoms with E-state index in [0.29, 0.717) is 12.5 Å². The van der Waals surface area contributed by atoms with Crippen LogP contribution in [-0.4, -0.2) is 24.6 Å². The molecule has 21 heavy (non-hydrogen) atoms. The molecule has 0 aromatic heterocycles. The summed E-state index contributed by atoms with van der Waals surface area (Å²) < 4.78 is 5.71. The van der Waals surface area contributed by atoms with E-state index in [-0.39, 0.29) is 24.4 Å². The van der Waals surface area contributed by atoms with Crippen LogP contribution in [0, 0.1) is 0 Å². The summed E-state index contributed by atoms with van der Waals surface area (Å²) in [5.41, 5.74) is 0.824. The van der Waals surface area contributed by atoms with Gasteiger partial charge in [-0.15, -0.1) is 12.4 Å². The first-order valence-corrected chi connectivity index (χ1v) is 7.47. The molecule has 0 aliphatic carbocycles. The molecule has 5 heteroatoms. The SMILES string of the molecule is CCC(C)Oc1ccc(NC(=O)CC2CCCN2)cc1.Cl. The Balaban J connectivity index is 0.00000220. The third kappa shape index (κ3) is 5.94. The van der Waals surface area contributed by atoms with E-state index in [2.05, 4.69) is 17.6 Å². The average Bonchev–Trinajstić information content (AvgIpc) is 2.93. The number of hydrogen-bond donors (Lipinski definition) is 2. The van der Waals surface area contributed by atoms with Crippen LogP contribution in [0.5, 0.6) is 5.75 Å². The van der Waals surface area contributed by atoms with E-state index < -0.39 is 0 Å². The minimum Gasteiger partial charge on any atom is -0.491 e. The number of carbonyl (C=O) groups is 1. The van der Waals surface area contributed by atoms with Gasteiger partial charge in [0.2, 0.25) is 5.91 Å². The molecule has 1 aliphatic heterocycles. The molecular formula is C16H25ClN2O2. The Kier molecular flexibility index (Phi) is 7.54. The maximum absolute atomic E-state index is 11.9. The summed E-state index contributed by atoms with van der Waals surface area (Å²) in [7, 11) is 0. The molecule has 1 fully saturated rings. The van der Waals surface area contributed by atoms with Gasteiger partial charge in [-0.05, 0) is 57.0 Å². The highest BCUT2D eigenvalue weighted by Crippen LogP contribution is 2.18. The Hall–Kier alpha value is -1.26. The molecule has 2 atom stereocenters. The first-order chi connectivity index (χ1) is 9.67. The lowest BCUT2D eigenvalue weighted by Gasteiger charge is -2.13. The molecular weight excluding hydrogens is 288 g/mol. The maximum Gasteiger partial charge on any atom is 0.225 e. The molecule has 0 saturated carbocycles. The van der Waals surface area contributed by atoms with Crippen LogP contribution in [0.3, 0.4) is 0 Å². The third-order valence-corrected chi connectivity index (χ3v) is 3.64. The Morgan fingerprint density at radius 2 is 2.14 bits per heavy atom. The van der Waals surface area contributed by atoms with Crippen molar-refractivity contribution < 1.29 is 9.53 Å². The first-order valence-electron chi connectivity index (χ1n) is 7.47. The van der Waals surface area contributed by atoms with Crippen LogP contribution < -0.4 is 15.4 Å². The normalized spacial score (nSPS) is 18.7. The van der Waals surface area contributed by atoms with E-state index in [4.69, 9.17) is 4.74 Å². The zero-order valence-corrected chi connectivity index (χ0v) is 13.5. The first kappa shape index (κ1) is 17.8. The van der Waals surface area contributed by atoms with E-state index in [1.807, 2.05) is 31.2 Å². The summed E-state index contributed by atoms with van der Waals surface area (Å²) in [5, 5.41) is 6.26. The van der Waals surface area contributed by atoms with Crippen molar-refractivity contribution in [3.63, 3.8) is 0 Å². The predicted octanol–water partition coefficient (Wildman–Crippen LogP) is 3.37. The van der Waals surface area contributed by atoms with Gasteiger partial charge in [0.15, 0.2) is 0 Å². The zero-order valence-electron chi connectivity index (χ0n) is 12.7. The maximum atomic E-state index is 11.9. The number of benzene rings is 1. The lowest BCUT2D eigenvalue weighted by Crippen LogP contribution is -2.27. The van der Waals surface area contributed by atoms with Crippen LogP contribution in [0.25, 0.3) is 0 Å². The van der Waals surface area contributed by atoms with Crippen LogP contribution in [-0.2, 0) is 4.79 Å². The minimum absolute atomic E-state index is 0. The molecule has 1 aromatic rings. The number of ether oxygens (including phenoxy) is 1. The highest BCUT2D eigenvalue weighted by molar-refractivity contribution is 5.91. The summed E-state index contributed by atoms with van der Waals surface area (Å²) in [6, 6.07) is 7.91. The smallest absolute Gasteiger partial charge is 0.225 e. The molecule has 2 rings (SSSR count). The van der Waals surface area contributed by atoms with Crippen LogP contribution in [0.2, 0.25) is 0 Å². The lowest BCUT2D eigenvalue weighted by molar-refractivity contribution is -0.116. The van der Waals surface area contributed by atoms with Crippen molar-refractivity contribution in [3.8, 4) is 5.75 Å². The quantitative estimate of drug-likeness (QED) is 0.847. The third-order valence-electron chi connectivity index (χ3n) is 3.64. The van der Waals surface area contributed by atoms with Crippen LogP contribution in [0.15, 0.2) is 24.3 Å². The van der Waals surface area contributed by atoms with Gasteiger partial charge < -0.3 is 15.4 Å². The topological polar surface area (TPSA) is 50.4 Å². The fraction of sp³-hybridized carbons (Fsp3) is 0.562. The van der Waals surface area contributed by atoms with Crippen molar-refractivity contribution >= 4 is 24.0 Å². The second-order valence-corrected chi connectivity index (χ2v) is 5.41. The van der Waals surface area contributed by atoms with Gasteiger partial charge in [0.05, 0.1) is 6.10 Å². The van der Waals surface area contributed by atoms with Gasteiger partial charge in [-0.3, -0.25) is 4.79 Å². The summed E-state index contributed by atoms with van der Waals surface area (Å²) in [4.78, 5) is 11.9. The predicted molar refractivity (Wildman–Crippen MR) is 88.3 cm³/mol. The Morgan fingerprint density at radius 1 is 1.43 bits per heavy atom. The standard InChI is InChI=1S/C16H24N2O2.ClH/c1-3-12(2)20-15-8-6-13(7-9-15)18-16(19)11-14-5-4-10-17-14;/h6-9,12,14,17H,3-5,10-11H2,1-2H3,(H,18,19);1H. The van der Waals surface area contributed by atoms with Crippen molar-refractivity contribution in [1.29, 1.82) is 0 Å². The molecule has 0 bridgehead atoms. The van der Waals surface area contributed by atoms with Crippen molar-refractivity contribution in [2.75, 3.05) is 11.9 Å². The molecule has 1 amide bonds. The van der Waals surface area contributed by atoms with Crippen LogP contribution >= 0.6 is 12.4 Å². The molecule has 0 spiro atoms. The molecule has 1 aromatic carbocycles. The van der Waals surface area contributed by atoms with Crippen LogP contribution in [0.1, 0.15) is 39.5 Å². The molecule has 4 nitrogen and oxygen atoms in total. The highest BCUT2D eigenvalue weighted by atomic mass is 35.5. The van der Waals surface area contributed by atoms with E-state index in [1.165, 1.54) is 6.42 Å². The minimum atomic E-state index is 0. The Labute approximate surface area is 133 Å². The zero-order chi connectivity index (χ0) is 14.4. The number of carbonyl (C=O) groups excluding carboxylic acids is 1. The van der Waals surface area contributed by atoms with Gasteiger partial charge in [-0.1, -0.05) is 6.92 Å². The number of nitrogens with one attached hydrogen (secondary N) is 2. The number of rotatable bonds is 6. The monoisotopic (exact) mass is 312 g/mol. The molecule has 118 valence electrons. The van der Waals surface area contributed by atoms with E-state index in [0.717, 1.165) is 30.8 Å². The number of amides is 1. The highest BCUT2D eigenvalue weighted by Gasteiger charge is 2.17. The largest absolute Gasteiger partial charge is 0.491 e. The Bertz CT molecular complexity index is 430. The van der Waals surface area contributed by atoms with Gasteiger partial charge in [-0.2, -0.15) is 0 Å². The van der Waals surface area contributed by atoms with Crippen molar-refractivity contribution in [3.05, 3.63) is 24.3 Å². The molecule has 2 N–H and O–H groups in total. The second kappa shape index (κ2) is 8.90. The molecule has 0 radical (unpaired) electrons. The molecule has 1 aliphatic rings. The molecule has 1 heterocycles. The summed E-state index contributed by atoms with van der Waals surface area (Å²) in [5.74, 6) is 0.912. The fourth-order valence-electron chi connectivity index (χ4n) is 2.30. The van der Waals surface area contributed by atoms with Gasteiger partial charge in [0.1, 0.15) is 5.75 Å². The van der Waals surface area contributed by atoms with E-state index in [9.17, 15) is 4.79 Å².